The lowest BCUT2D eigenvalue weighted by Crippen LogP contribution is -2.47. The molecule has 3 nitrogen and oxygen atoms in total. The summed E-state index contributed by atoms with van der Waals surface area (Å²) in [4.78, 5) is 1.35. The topological polar surface area (TPSA) is 43.7 Å². The fourth-order valence-electron chi connectivity index (χ4n) is 2.33. The third-order valence-electron chi connectivity index (χ3n) is 3.21. The van der Waals surface area contributed by atoms with Gasteiger partial charge in [0.2, 0.25) is 0 Å². The number of hydrogen-bond acceptors (Lipinski definition) is 3. The standard InChI is InChI=1S/C11H20F3NO2/c1-15(7-9(16)11(12,13)14)8-10(17)5-3-2-4-6-10/h9,16-17H,2-8H2,1H3. The highest BCUT2D eigenvalue weighted by Gasteiger charge is 2.39. The predicted molar refractivity (Wildman–Crippen MR) is 57.6 cm³/mol. The van der Waals surface area contributed by atoms with Crippen molar-refractivity contribution >= 4 is 0 Å². The van der Waals surface area contributed by atoms with E-state index < -0.39 is 24.4 Å². The Morgan fingerprint density at radius 1 is 1.24 bits per heavy atom. The molecule has 0 aromatic heterocycles. The maximum Gasteiger partial charge on any atom is 0.415 e. The highest BCUT2D eigenvalue weighted by atomic mass is 19.4. The molecule has 0 amide bonds. The summed E-state index contributed by atoms with van der Waals surface area (Å²) in [6, 6.07) is 0. The average Bonchev–Trinajstić information content (AvgIpc) is 2.15. The number of nitrogens with zero attached hydrogens (tertiary/aromatic N) is 1. The molecule has 1 unspecified atom stereocenters. The van der Waals surface area contributed by atoms with Gasteiger partial charge in [-0.3, -0.25) is 0 Å². The molecule has 1 aliphatic carbocycles. The van der Waals surface area contributed by atoms with Gasteiger partial charge in [-0.05, 0) is 19.9 Å². The van der Waals surface area contributed by atoms with E-state index in [0.29, 0.717) is 12.8 Å². The summed E-state index contributed by atoms with van der Waals surface area (Å²) in [6.07, 6.45) is -2.81. The van der Waals surface area contributed by atoms with Crippen LogP contribution in [0.15, 0.2) is 0 Å². The van der Waals surface area contributed by atoms with E-state index in [-0.39, 0.29) is 6.54 Å². The summed E-state index contributed by atoms with van der Waals surface area (Å²) in [5, 5.41) is 19.1. The first-order valence-electron chi connectivity index (χ1n) is 5.89. The number of halogens is 3. The van der Waals surface area contributed by atoms with Crippen molar-refractivity contribution in [3.8, 4) is 0 Å². The van der Waals surface area contributed by atoms with Crippen molar-refractivity contribution in [2.75, 3.05) is 20.1 Å². The minimum absolute atomic E-state index is 0.181. The molecule has 0 spiro atoms. The van der Waals surface area contributed by atoms with E-state index in [9.17, 15) is 18.3 Å². The molecule has 0 saturated heterocycles. The molecule has 2 N–H and O–H groups in total. The van der Waals surface area contributed by atoms with E-state index in [4.69, 9.17) is 5.11 Å². The third-order valence-corrected chi connectivity index (χ3v) is 3.21. The van der Waals surface area contributed by atoms with Gasteiger partial charge in [0.1, 0.15) is 0 Å². The molecule has 0 aromatic carbocycles. The van der Waals surface area contributed by atoms with Crippen LogP contribution in [0, 0.1) is 0 Å². The number of aliphatic hydroxyl groups excluding tert-OH is 1. The SMILES string of the molecule is CN(CC(O)C(F)(F)F)CC1(O)CCCCC1. The number of alkyl halides is 3. The van der Waals surface area contributed by atoms with Crippen molar-refractivity contribution in [3.63, 3.8) is 0 Å². The van der Waals surface area contributed by atoms with Gasteiger partial charge in [0.15, 0.2) is 6.10 Å². The second-order valence-corrected chi connectivity index (χ2v) is 5.04. The van der Waals surface area contributed by atoms with Gasteiger partial charge in [-0.2, -0.15) is 13.2 Å². The summed E-state index contributed by atoms with van der Waals surface area (Å²) in [5.41, 5.74) is -0.891. The van der Waals surface area contributed by atoms with E-state index in [2.05, 4.69) is 0 Å². The highest BCUT2D eigenvalue weighted by Crippen LogP contribution is 2.29. The third kappa shape index (κ3) is 4.81. The molecule has 0 aromatic rings. The van der Waals surface area contributed by atoms with Crippen molar-refractivity contribution in [1.29, 1.82) is 0 Å². The lowest BCUT2D eigenvalue weighted by Gasteiger charge is -2.36. The van der Waals surface area contributed by atoms with Gasteiger partial charge in [-0.15, -0.1) is 0 Å². The molecule has 17 heavy (non-hydrogen) atoms. The predicted octanol–water partition coefficient (Wildman–Crippen LogP) is 1.54. The summed E-state index contributed by atoms with van der Waals surface area (Å²) < 4.78 is 36.4. The average molecular weight is 255 g/mol. The van der Waals surface area contributed by atoms with Crippen LogP contribution in [0.5, 0.6) is 0 Å². The first-order valence-corrected chi connectivity index (χ1v) is 5.89. The zero-order valence-electron chi connectivity index (χ0n) is 10.0. The minimum Gasteiger partial charge on any atom is -0.389 e. The maximum atomic E-state index is 12.1. The summed E-state index contributed by atoms with van der Waals surface area (Å²) in [5.74, 6) is 0. The fourth-order valence-corrected chi connectivity index (χ4v) is 2.33. The first kappa shape index (κ1) is 14.7. The van der Waals surface area contributed by atoms with Crippen LogP contribution in [-0.4, -0.2) is 53.1 Å². The number of likely N-dealkylation sites (N-methyl/N-ethyl adjacent to an activating group) is 1. The van der Waals surface area contributed by atoms with E-state index in [1.54, 1.807) is 0 Å². The molecular formula is C11H20F3NO2. The summed E-state index contributed by atoms with van der Waals surface area (Å²) >= 11 is 0. The van der Waals surface area contributed by atoms with Crippen molar-refractivity contribution in [2.24, 2.45) is 0 Å². The van der Waals surface area contributed by atoms with E-state index >= 15 is 0 Å². The lowest BCUT2D eigenvalue weighted by atomic mass is 9.84. The molecular weight excluding hydrogens is 235 g/mol. The van der Waals surface area contributed by atoms with Gasteiger partial charge < -0.3 is 15.1 Å². The Labute approximate surface area is 99.2 Å². The normalized spacial score (nSPS) is 22.8. The van der Waals surface area contributed by atoms with E-state index in [1.165, 1.54) is 11.9 Å². The molecule has 102 valence electrons. The lowest BCUT2D eigenvalue weighted by molar-refractivity contribution is -0.208. The van der Waals surface area contributed by atoms with Gasteiger partial charge >= 0.3 is 6.18 Å². The Kier molecular flexibility index (Phi) is 4.80. The van der Waals surface area contributed by atoms with Crippen LogP contribution in [0.3, 0.4) is 0 Å². The summed E-state index contributed by atoms with van der Waals surface area (Å²) in [7, 11) is 1.49. The van der Waals surface area contributed by atoms with Gasteiger partial charge in [0.05, 0.1) is 5.60 Å². The second-order valence-electron chi connectivity index (χ2n) is 5.04. The molecule has 1 fully saturated rings. The molecule has 1 saturated carbocycles. The number of hydrogen-bond donors (Lipinski definition) is 2. The van der Waals surface area contributed by atoms with Crippen molar-refractivity contribution < 1.29 is 23.4 Å². The number of aliphatic hydroxyl groups is 2. The van der Waals surface area contributed by atoms with Crippen LogP contribution >= 0.6 is 0 Å². The van der Waals surface area contributed by atoms with Crippen LogP contribution in [0.25, 0.3) is 0 Å². The molecule has 0 bridgehead atoms. The Morgan fingerprint density at radius 3 is 2.24 bits per heavy atom. The molecule has 0 heterocycles. The van der Waals surface area contributed by atoms with Gasteiger partial charge in [-0.25, -0.2) is 0 Å². The molecule has 1 aliphatic rings. The quantitative estimate of drug-likeness (QED) is 0.800. The van der Waals surface area contributed by atoms with Crippen molar-refractivity contribution in [2.45, 2.75) is 50.0 Å². The van der Waals surface area contributed by atoms with Crippen LogP contribution in [0.1, 0.15) is 32.1 Å². The molecule has 6 heteroatoms. The van der Waals surface area contributed by atoms with Crippen LogP contribution in [-0.2, 0) is 0 Å². The minimum atomic E-state index is -4.59. The fraction of sp³-hybridized carbons (Fsp3) is 1.00. The zero-order chi connectivity index (χ0) is 13.1. The Hall–Kier alpha value is -0.330. The van der Waals surface area contributed by atoms with Crippen molar-refractivity contribution in [1.82, 2.24) is 4.90 Å². The maximum absolute atomic E-state index is 12.1. The Morgan fingerprint density at radius 2 is 1.76 bits per heavy atom. The molecule has 0 radical (unpaired) electrons. The zero-order valence-corrected chi connectivity index (χ0v) is 10.0. The van der Waals surface area contributed by atoms with Crippen LogP contribution in [0.2, 0.25) is 0 Å². The van der Waals surface area contributed by atoms with Gasteiger partial charge in [0.25, 0.3) is 0 Å². The smallest absolute Gasteiger partial charge is 0.389 e. The van der Waals surface area contributed by atoms with Gasteiger partial charge in [0, 0.05) is 13.1 Å². The second kappa shape index (κ2) is 5.54. The molecule has 0 aliphatic heterocycles. The molecule has 1 rings (SSSR count). The van der Waals surface area contributed by atoms with Crippen LogP contribution in [0.4, 0.5) is 13.2 Å². The summed E-state index contributed by atoms with van der Waals surface area (Å²) in [6.45, 7) is -0.314. The van der Waals surface area contributed by atoms with E-state index in [1.807, 2.05) is 0 Å². The highest BCUT2D eigenvalue weighted by molar-refractivity contribution is 4.85. The largest absolute Gasteiger partial charge is 0.415 e. The Balaban J connectivity index is 2.40. The van der Waals surface area contributed by atoms with Gasteiger partial charge in [-0.1, -0.05) is 19.3 Å². The van der Waals surface area contributed by atoms with Crippen LogP contribution < -0.4 is 0 Å². The molecule has 1 atom stereocenters. The van der Waals surface area contributed by atoms with E-state index in [0.717, 1.165) is 19.3 Å². The first-order chi connectivity index (χ1) is 7.73. The Bertz CT molecular complexity index is 239. The monoisotopic (exact) mass is 255 g/mol. The number of rotatable bonds is 4. The van der Waals surface area contributed by atoms with Crippen molar-refractivity contribution in [3.05, 3.63) is 0 Å².